The number of hydrogen-bond acceptors (Lipinski definition) is 4. The van der Waals surface area contributed by atoms with Gasteiger partial charge in [0.05, 0.1) is 7.11 Å². The number of allylic oxidation sites excluding steroid dienone is 1. The van der Waals surface area contributed by atoms with Gasteiger partial charge in [-0.2, -0.15) is 0 Å². The summed E-state index contributed by atoms with van der Waals surface area (Å²) in [5, 5.41) is 0. The summed E-state index contributed by atoms with van der Waals surface area (Å²) in [4.78, 5) is 24.0. The molecule has 0 aromatic heterocycles. The van der Waals surface area contributed by atoms with E-state index in [-0.39, 0.29) is 11.6 Å². The fourth-order valence-corrected chi connectivity index (χ4v) is 1.65. The molecule has 1 fully saturated rings. The van der Waals surface area contributed by atoms with Crippen LogP contribution in [0.3, 0.4) is 0 Å². The van der Waals surface area contributed by atoms with Gasteiger partial charge in [-0.1, -0.05) is 11.6 Å². The zero-order chi connectivity index (χ0) is 11.7. The number of esters is 1. The van der Waals surface area contributed by atoms with Crippen LogP contribution in [0.1, 0.15) is 13.8 Å². The molecule has 6 heteroatoms. The molecule has 2 atom stereocenters. The van der Waals surface area contributed by atoms with Crippen LogP contribution in [0.15, 0.2) is 11.3 Å². The lowest BCUT2D eigenvalue weighted by molar-refractivity contribution is -0.149. The van der Waals surface area contributed by atoms with Gasteiger partial charge in [0, 0.05) is 0 Å². The minimum absolute atomic E-state index is 0.171. The first-order chi connectivity index (χ1) is 6.91. The van der Waals surface area contributed by atoms with Crippen molar-refractivity contribution in [3.8, 4) is 0 Å². The smallest absolute Gasteiger partial charge is 0.354 e. The van der Waals surface area contributed by atoms with Crippen molar-refractivity contribution in [3.63, 3.8) is 0 Å². The number of amides is 1. The lowest BCUT2D eigenvalue weighted by Gasteiger charge is -2.42. The number of nitrogens with two attached hydrogens (primary N) is 1. The van der Waals surface area contributed by atoms with E-state index in [0.29, 0.717) is 5.57 Å². The van der Waals surface area contributed by atoms with Crippen LogP contribution in [0.2, 0.25) is 0 Å². The first-order valence-electron chi connectivity index (χ1n) is 4.40. The highest BCUT2D eigenvalue weighted by atomic mass is 35.5. The molecule has 15 heavy (non-hydrogen) atoms. The molecule has 1 amide bonds. The van der Waals surface area contributed by atoms with Gasteiger partial charge in [0.2, 0.25) is 5.91 Å². The van der Waals surface area contributed by atoms with Crippen LogP contribution in [0.5, 0.6) is 0 Å². The third kappa shape index (κ3) is 1.85. The summed E-state index contributed by atoms with van der Waals surface area (Å²) in [5.41, 5.74) is 5.59. The van der Waals surface area contributed by atoms with E-state index in [0.717, 1.165) is 4.90 Å². The Morgan fingerprint density at radius 2 is 2.07 bits per heavy atom. The van der Waals surface area contributed by atoms with Crippen molar-refractivity contribution in [1.29, 1.82) is 0 Å². The molecule has 84 valence electrons. The molecular formula is C9H13ClN2O3. The molecule has 0 unspecified atom stereocenters. The largest absolute Gasteiger partial charge is 0.464 e. The van der Waals surface area contributed by atoms with Gasteiger partial charge in [-0.15, -0.1) is 0 Å². The van der Waals surface area contributed by atoms with Gasteiger partial charge in [-0.25, -0.2) is 4.79 Å². The van der Waals surface area contributed by atoms with Crippen molar-refractivity contribution >= 4 is 23.5 Å². The lowest BCUT2D eigenvalue weighted by atomic mass is 10.1. The average Bonchev–Trinajstić information content (AvgIpc) is 2.22. The Kier molecular flexibility index (Phi) is 3.36. The molecule has 5 nitrogen and oxygen atoms in total. The summed E-state index contributed by atoms with van der Waals surface area (Å²) in [6.45, 7) is 3.40. The highest BCUT2D eigenvalue weighted by Gasteiger charge is 2.47. The fourth-order valence-electron chi connectivity index (χ4n) is 1.35. The number of rotatable bonds is 2. The van der Waals surface area contributed by atoms with Gasteiger partial charge in [0.15, 0.2) is 0 Å². The predicted molar refractivity (Wildman–Crippen MR) is 54.9 cm³/mol. The topological polar surface area (TPSA) is 72.6 Å². The Hall–Kier alpha value is -1.07. The molecule has 0 aromatic carbocycles. The number of carbonyl (C=O) groups excluding carboxylic acids is 2. The Morgan fingerprint density at radius 1 is 1.53 bits per heavy atom. The molecule has 0 spiro atoms. The van der Waals surface area contributed by atoms with Crippen molar-refractivity contribution in [3.05, 3.63) is 11.3 Å². The van der Waals surface area contributed by atoms with Crippen molar-refractivity contribution in [1.82, 2.24) is 4.90 Å². The van der Waals surface area contributed by atoms with Crippen LogP contribution in [0, 0.1) is 0 Å². The van der Waals surface area contributed by atoms with E-state index < -0.39 is 17.5 Å². The summed E-state index contributed by atoms with van der Waals surface area (Å²) >= 11 is 5.84. The molecule has 1 rings (SSSR count). The molecular weight excluding hydrogens is 220 g/mol. The van der Waals surface area contributed by atoms with Crippen LogP contribution >= 0.6 is 11.6 Å². The maximum Gasteiger partial charge on any atom is 0.354 e. The Labute approximate surface area is 92.8 Å². The van der Waals surface area contributed by atoms with Crippen LogP contribution < -0.4 is 5.73 Å². The molecule has 0 radical (unpaired) electrons. The van der Waals surface area contributed by atoms with E-state index in [1.165, 1.54) is 7.11 Å². The van der Waals surface area contributed by atoms with Crippen molar-refractivity contribution in [2.24, 2.45) is 5.73 Å². The maximum atomic E-state index is 11.4. The molecule has 0 bridgehead atoms. The van der Waals surface area contributed by atoms with Gasteiger partial charge in [-0.05, 0) is 19.4 Å². The van der Waals surface area contributed by atoms with Gasteiger partial charge in [-0.3, -0.25) is 9.69 Å². The van der Waals surface area contributed by atoms with E-state index >= 15 is 0 Å². The first kappa shape index (κ1) is 12.0. The molecule has 0 aliphatic carbocycles. The Morgan fingerprint density at radius 3 is 2.40 bits per heavy atom. The zero-order valence-corrected chi connectivity index (χ0v) is 9.54. The second kappa shape index (κ2) is 4.20. The summed E-state index contributed by atoms with van der Waals surface area (Å²) in [6.07, 6.45) is 0. The van der Waals surface area contributed by atoms with Gasteiger partial charge < -0.3 is 10.5 Å². The van der Waals surface area contributed by atoms with E-state index in [1.54, 1.807) is 13.8 Å². The Bertz CT molecular complexity index is 336. The molecule has 0 aromatic rings. The number of halogens is 1. The Balaban J connectivity index is 3.00. The third-order valence-corrected chi connectivity index (χ3v) is 2.63. The molecule has 0 saturated carbocycles. The van der Waals surface area contributed by atoms with Gasteiger partial charge in [0.25, 0.3) is 0 Å². The normalized spacial score (nSPS) is 24.6. The van der Waals surface area contributed by atoms with E-state index in [2.05, 4.69) is 4.74 Å². The van der Waals surface area contributed by atoms with Crippen LogP contribution in [0.4, 0.5) is 0 Å². The predicted octanol–water partition coefficient (Wildman–Crippen LogP) is 0.188. The van der Waals surface area contributed by atoms with Gasteiger partial charge >= 0.3 is 5.97 Å². The summed E-state index contributed by atoms with van der Waals surface area (Å²) < 4.78 is 4.57. The monoisotopic (exact) mass is 232 g/mol. The maximum absolute atomic E-state index is 11.4. The second-order valence-corrected chi connectivity index (χ2v) is 3.89. The number of β-lactam (4-membered cyclic amide) rings is 1. The number of carbonyl (C=O) groups is 2. The first-order valence-corrected chi connectivity index (χ1v) is 4.84. The number of nitrogens with zero attached hydrogens (tertiary/aromatic N) is 1. The van der Waals surface area contributed by atoms with Crippen molar-refractivity contribution in [2.75, 3.05) is 7.11 Å². The number of methoxy groups -OCH3 is 1. The number of hydrogen-bond donors (Lipinski definition) is 1. The van der Waals surface area contributed by atoms with E-state index in [4.69, 9.17) is 17.3 Å². The average molecular weight is 233 g/mol. The SMILES string of the molecule is COC(=O)C(=C(C)C)N1C(=O)[C@H](N)[C@@H]1Cl. The molecule has 1 heterocycles. The van der Waals surface area contributed by atoms with Crippen molar-refractivity contribution in [2.45, 2.75) is 25.4 Å². The van der Waals surface area contributed by atoms with E-state index in [9.17, 15) is 9.59 Å². The highest BCUT2D eigenvalue weighted by molar-refractivity contribution is 6.27. The lowest BCUT2D eigenvalue weighted by Crippen LogP contribution is -2.66. The second-order valence-electron chi connectivity index (χ2n) is 3.45. The number of alkyl halides is 1. The van der Waals surface area contributed by atoms with Crippen LogP contribution in [0.25, 0.3) is 0 Å². The summed E-state index contributed by atoms with van der Waals surface area (Å²) in [6, 6.07) is -0.745. The van der Waals surface area contributed by atoms with Crippen LogP contribution in [-0.2, 0) is 14.3 Å². The number of likely N-dealkylation sites (tertiary alicyclic amines) is 1. The van der Waals surface area contributed by atoms with Gasteiger partial charge in [0.1, 0.15) is 17.2 Å². The zero-order valence-electron chi connectivity index (χ0n) is 8.78. The molecule has 1 saturated heterocycles. The van der Waals surface area contributed by atoms with Crippen LogP contribution in [-0.4, -0.2) is 35.4 Å². The summed E-state index contributed by atoms with van der Waals surface area (Å²) in [5.74, 6) is -0.947. The summed E-state index contributed by atoms with van der Waals surface area (Å²) in [7, 11) is 1.25. The fraction of sp³-hybridized carbons (Fsp3) is 0.556. The molecule has 2 N–H and O–H groups in total. The quantitative estimate of drug-likeness (QED) is 0.243. The molecule has 1 aliphatic rings. The molecule has 1 aliphatic heterocycles. The standard InChI is InChI=1S/C9H13ClN2O3/c1-4(2)6(9(14)15-3)12-7(10)5(11)8(12)13/h5,7H,11H2,1-3H3/t5-,7-/m1/s1. The van der Waals surface area contributed by atoms with Crippen molar-refractivity contribution < 1.29 is 14.3 Å². The highest BCUT2D eigenvalue weighted by Crippen LogP contribution is 2.29. The third-order valence-electron chi connectivity index (χ3n) is 2.16. The number of ether oxygens (including phenoxy) is 1. The minimum Gasteiger partial charge on any atom is -0.464 e. The minimum atomic E-state index is -0.745. The van der Waals surface area contributed by atoms with E-state index in [1.807, 2.05) is 0 Å².